The lowest BCUT2D eigenvalue weighted by atomic mass is 10.2. The molecule has 1 aromatic heterocycles. The summed E-state index contributed by atoms with van der Waals surface area (Å²) >= 11 is 0. The van der Waals surface area contributed by atoms with Crippen molar-refractivity contribution in [1.82, 2.24) is 15.3 Å². The highest BCUT2D eigenvalue weighted by molar-refractivity contribution is 5.89. The zero-order chi connectivity index (χ0) is 16.2. The van der Waals surface area contributed by atoms with Crippen LogP contribution in [0.4, 0.5) is 23.7 Å². The Bertz CT molecular complexity index is 608. The molecule has 0 saturated heterocycles. The molecule has 0 fully saturated rings. The summed E-state index contributed by atoms with van der Waals surface area (Å²) in [6.07, 6.45) is -0.553. The molecule has 2 aromatic rings. The number of hydrogen-bond acceptors (Lipinski definition) is 2. The van der Waals surface area contributed by atoms with Gasteiger partial charge in [0.1, 0.15) is 5.82 Å². The van der Waals surface area contributed by atoms with Crippen molar-refractivity contribution in [3.05, 3.63) is 48.0 Å². The van der Waals surface area contributed by atoms with E-state index in [4.69, 9.17) is 0 Å². The first kappa shape index (κ1) is 15.9. The number of carbonyl (C=O) groups excluding carboxylic acids is 1. The monoisotopic (exact) mass is 312 g/mol. The maximum atomic E-state index is 12.4. The number of imidazole rings is 1. The minimum absolute atomic E-state index is 0.278. The Morgan fingerprint density at radius 1 is 1.32 bits per heavy atom. The number of alkyl halides is 3. The molecule has 1 heterocycles. The van der Waals surface area contributed by atoms with Gasteiger partial charge in [-0.05, 0) is 30.7 Å². The number of aromatic amines is 1. The molecular formula is C14H15F3N4O. The van der Waals surface area contributed by atoms with Gasteiger partial charge in [-0.15, -0.1) is 0 Å². The van der Waals surface area contributed by atoms with Crippen LogP contribution < -0.4 is 10.6 Å². The second kappa shape index (κ2) is 6.50. The average molecular weight is 312 g/mol. The Kier molecular flexibility index (Phi) is 4.69. The van der Waals surface area contributed by atoms with Crippen LogP contribution in [0.3, 0.4) is 0 Å². The molecule has 2 amide bonds. The molecule has 1 aromatic carbocycles. The summed E-state index contributed by atoms with van der Waals surface area (Å²) < 4.78 is 37.3. The van der Waals surface area contributed by atoms with Gasteiger partial charge in [-0.2, -0.15) is 13.2 Å². The van der Waals surface area contributed by atoms with Gasteiger partial charge in [0.2, 0.25) is 0 Å². The molecule has 0 aliphatic rings. The lowest BCUT2D eigenvalue weighted by Crippen LogP contribution is -2.32. The van der Waals surface area contributed by atoms with Crippen LogP contribution >= 0.6 is 0 Å². The van der Waals surface area contributed by atoms with Gasteiger partial charge in [0.15, 0.2) is 0 Å². The van der Waals surface area contributed by atoms with E-state index in [2.05, 4.69) is 20.6 Å². The van der Waals surface area contributed by atoms with E-state index in [1.807, 2.05) is 6.92 Å². The molecule has 5 nitrogen and oxygen atoms in total. The minimum atomic E-state index is -4.40. The van der Waals surface area contributed by atoms with Gasteiger partial charge in [0.05, 0.1) is 11.6 Å². The van der Waals surface area contributed by atoms with Crippen LogP contribution in [0.2, 0.25) is 0 Å². The van der Waals surface area contributed by atoms with Crippen molar-refractivity contribution in [2.45, 2.75) is 25.6 Å². The van der Waals surface area contributed by atoms with Crippen molar-refractivity contribution in [1.29, 1.82) is 0 Å². The van der Waals surface area contributed by atoms with E-state index < -0.39 is 17.8 Å². The van der Waals surface area contributed by atoms with Crippen molar-refractivity contribution >= 4 is 11.7 Å². The molecule has 0 saturated carbocycles. The molecule has 3 N–H and O–H groups in total. The number of rotatable bonds is 4. The smallest absolute Gasteiger partial charge is 0.347 e. The first-order valence-electron chi connectivity index (χ1n) is 6.64. The molecule has 0 unspecified atom stereocenters. The van der Waals surface area contributed by atoms with Crippen LogP contribution in [0.15, 0.2) is 36.7 Å². The van der Waals surface area contributed by atoms with Gasteiger partial charge in [0, 0.05) is 18.1 Å². The van der Waals surface area contributed by atoms with Crippen LogP contribution in [0.5, 0.6) is 0 Å². The largest absolute Gasteiger partial charge is 0.416 e. The van der Waals surface area contributed by atoms with Gasteiger partial charge >= 0.3 is 12.2 Å². The standard InChI is InChI=1S/C14H15F3N4O/c1-2-11(12-18-7-8-19-12)21-13(22)20-10-5-3-9(4-6-10)14(15,16)17/h3-8,11H,2H2,1H3,(H,18,19)(H2,20,21,22)/t11-/m1/s1. The summed E-state index contributed by atoms with van der Waals surface area (Å²) in [7, 11) is 0. The second-order valence-electron chi connectivity index (χ2n) is 4.61. The van der Waals surface area contributed by atoms with Crippen molar-refractivity contribution in [3.63, 3.8) is 0 Å². The maximum absolute atomic E-state index is 12.4. The molecule has 0 aliphatic heterocycles. The quantitative estimate of drug-likeness (QED) is 0.805. The third-order valence-corrected chi connectivity index (χ3v) is 3.03. The molecule has 0 radical (unpaired) electrons. The number of hydrogen-bond donors (Lipinski definition) is 3. The first-order chi connectivity index (χ1) is 10.4. The predicted octanol–water partition coefficient (Wildman–Crippen LogP) is 3.70. The number of amides is 2. The number of halogens is 3. The third-order valence-electron chi connectivity index (χ3n) is 3.03. The van der Waals surface area contributed by atoms with Gasteiger partial charge in [-0.1, -0.05) is 6.92 Å². The van der Waals surface area contributed by atoms with Gasteiger partial charge < -0.3 is 15.6 Å². The number of urea groups is 1. The minimum Gasteiger partial charge on any atom is -0.347 e. The molecule has 0 bridgehead atoms. The van der Waals surface area contributed by atoms with Crippen LogP contribution in [0.25, 0.3) is 0 Å². The number of carbonyl (C=O) groups is 1. The van der Waals surface area contributed by atoms with Crippen LogP contribution in [-0.4, -0.2) is 16.0 Å². The molecule has 118 valence electrons. The summed E-state index contributed by atoms with van der Waals surface area (Å²) in [5, 5.41) is 5.18. The molecule has 1 atom stereocenters. The van der Waals surface area contributed by atoms with Gasteiger partial charge in [0.25, 0.3) is 0 Å². The summed E-state index contributed by atoms with van der Waals surface area (Å²) in [6.45, 7) is 1.88. The number of nitrogens with one attached hydrogen (secondary N) is 3. The zero-order valence-corrected chi connectivity index (χ0v) is 11.7. The van der Waals surface area contributed by atoms with Crippen LogP contribution in [0.1, 0.15) is 30.8 Å². The lowest BCUT2D eigenvalue weighted by Gasteiger charge is -2.15. The number of H-pyrrole nitrogens is 1. The lowest BCUT2D eigenvalue weighted by molar-refractivity contribution is -0.137. The highest BCUT2D eigenvalue weighted by Gasteiger charge is 2.30. The molecule has 22 heavy (non-hydrogen) atoms. The highest BCUT2D eigenvalue weighted by atomic mass is 19.4. The van der Waals surface area contributed by atoms with E-state index in [0.717, 1.165) is 12.1 Å². The Balaban J connectivity index is 1.97. The number of benzene rings is 1. The maximum Gasteiger partial charge on any atom is 0.416 e. The van der Waals surface area contributed by atoms with Gasteiger partial charge in [-0.3, -0.25) is 0 Å². The van der Waals surface area contributed by atoms with Crippen molar-refractivity contribution in [2.75, 3.05) is 5.32 Å². The Labute approximate surface area is 124 Å². The van der Waals surface area contributed by atoms with Crippen LogP contribution in [0, 0.1) is 0 Å². The topological polar surface area (TPSA) is 69.8 Å². The number of nitrogens with zero attached hydrogens (tertiary/aromatic N) is 1. The van der Waals surface area contributed by atoms with Crippen molar-refractivity contribution < 1.29 is 18.0 Å². The summed E-state index contributed by atoms with van der Waals surface area (Å²) in [5.41, 5.74) is -0.486. The highest BCUT2D eigenvalue weighted by Crippen LogP contribution is 2.29. The molecule has 0 aliphatic carbocycles. The summed E-state index contributed by atoms with van der Waals surface area (Å²) in [6, 6.07) is 3.43. The first-order valence-corrected chi connectivity index (χ1v) is 6.64. The zero-order valence-electron chi connectivity index (χ0n) is 11.7. The summed E-state index contributed by atoms with van der Waals surface area (Å²) in [5.74, 6) is 0.616. The van der Waals surface area contributed by atoms with E-state index >= 15 is 0 Å². The normalized spacial score (nSPS) is 12.7. The van der Waals surface area contributed by atoms with Crippen LogP contribution in [-0.2, 0) is 6.18 Å². The van der Waals surface area contributed by atoms with E-state index in [9.17, 15) is 18.0 Å². The fourth-order valence-corrected chi connectivity index (χ4v) is 1.90. The number of anilines is 1. The fourth-order valence-electron chi connectivity index (χ4n) is 1.90. The molecule has 8 heteroatoms. The molecule has 2 rings (SSSR count). The number of aromatic nitrogens is 2. The van der Waals surface area contributed by atoms with Crippen molar-refractivity contribution in [2.24, 2.45) is 0 Å². The van der Waals surface area contributed by atoms with Crippen molar-refractivity contribution in [3.8, 4) is 0 Å². The Hall–Kier alpha value is -2.51. The van der Waals surface area contributed by atoms with E-state index in [0.29, 0.717) is 12.2 Å². The van der Waals surface area contributed by atoms with E-state index in [-0.39, 0.29) is 11.7 Å². The summed E-state index contributed by atoms with van der Waals surface area (Å²) in [4.78, 5) is 18.8. The molecular weight excluding hydrogens is 297 g/mol. The van der Waals surface area contributed by atoms with E-state index in [1.165, 1.54) is 12.1 Å². The molecule has 0 spiro atoms. The third kappa shape index (κ3) is 4.00. The fraction of sp³-hybridized carbons (Fsp3) is 0.286. The van der Waals surface area contributed by atoms with E-state index in [1.54, 1.807) is 12.4 Å². The average Bonchev–Trinajstić information content (AvgIpc) is 2.98. The Morgan fingerprint density at radius 2 is 2.00 bits per heavy atom. The SMILES string of the molecule is CC[C@@H](NC(=O)Nc1ccc(C(F)(F)F)cc1)c1ncc[nH]1. The van der Waals surface area contributed by atoms with Gasteiger partial charge in [-0.25, -0.2) is 9.78 Å². The predicted molar refractivity (Wildman–Crippen MR) is 75.2 cm³/mol. The Morgan fingerprint density at radius 3 is 2.50 bits per heavy atom. The second-order valence-corrected chi connectivity index (χ2v) is 4.61.